The number of benzene rings is 1. The van der Waals surface area contributed by atoms with Crippen molar-refractivity contribution in [2.75, 3.05) is 39.5 Å². The second-order valence-electron chi connectivity index (χ2n) is 6.35. The third-order valence-electron chi connectivity index (χ3n) is 4.16. The number of nitrogens with one attached hydrogen (secondary N) is 2. The summed E-state index contributed by atoms with van der Waals surface area (Å²) < 4.78 is 10.3. The molecule has 2 N–H and O–H groups in total. The summed E-state index contributed by atoms with van der Waals surface area (Å²) in [6.07, 6.45) is 0. The number of carbonyl (C=O) groups excluding carboxylic acids is 3. The van der Waals surface area contributed by atoms with Crippen LogP contribution in [0.3, 0.4) is 0 Å². The van der Waals surface area contributed by atoms with Crippen molar-refractivity contribution in [2.24, 2.45) is 0 Å². The van der Waals surface area contributed by atoms with Crippen molar-refractivity contribution in [2.45, 2.75) is 26.4 Å². The number of hydrogen-bond donors (Lipinski definition) is 2. The number of ether oxygens (including phenoxy) is 2. The Morgan fingerprint density at radius 2 is 1.85 bits per heavy atom. The molecule has 1 atom stereocenters. The molecule has 1 saturated heterocycles. The first kappa shape index (κ1) is 20.9. The Balaban J connectivity index is 1.76. The highest BCUT2D eigenvalue weighted by Crippen LogP contribution is 2.10. The van der Waals surface area contributed by atoms with Crippen molar-refractivity contribution >= 4 is 17.8 Å². The van der Waals surface area contributed by atoms with Crippen LogP contribution in [-0.2, 0) is 25.6 Å². The van der Waals surface area contributed by atoms with Gasteiger partial charge in [0.25, 0.3) is 5.91 Å². The molecule has 0 bridgehead atoms. The van der Waals surface area contributed by atoms with Gasteiger partial charge in [0, 0.05) is 26.2 Å². The number of amides is 2. The molecule has 0 saturated carbocycles. The molecule has 1 heterocycles. The largest absolute Gasteiger partial charge is 0.452 e. The molecule has 2 amide bonds. The maximum atomic E-state index is 12.1. The third-order valence-corrected chi connectivity index (χ3v) is 4.16. The molecule has 8 nitrogen and oxygen atoms in total. The lowest BCUT2D eigenvalue weighted by Crippen LogP contribution is -2.46. The first-order valence-corrected chi connectivity index (χ1v) is 9.13. The molecule has 1 aromatic carbocycles. The number of rotatable bonds is 8. The minimum Gasteiger partial charge on any atom is -0.452 e. The number of nitrogens with zero attached hydrogens (tertiary/aromatic N) is 1. The van der Waals surface area contributed by atoms with Crippen LogP contribution in [-0.4, -0.2) is 68.2 Å². The fourth-order valence-electron chi connectivity index (χ4n) is 2.65. The summed E-state index contributed by atoms with van der Waals surface area (Å²) in [4.78, 5) is 37.7. The molecule has 0 aromatic heterocycles. The summed E-state index contributed by atoms with van der Waals surface area (Å²) >= 11 is 0. The van der Waals surface area contributed by atoms with Gasteiger partial charge in [-0.1, -0.05) is 12.1 Å². The molecule has 0 radical (unpaired) electrons. The lowest BCUT2D eigenvalue weighted by molar-refractivity contribution is -0.130. The van der Waals surface area contributed by atoms with Crippen molar-refractivity contribution in [3.05, 3.63) is 35.4 Å². The second-order valence-corrected chi connectivity index (χ2v) is 6.35. The molecule has 1 aliphatic heterocycles. The molecule has 1 aromatic rings. The van der Waals surface area contributed by atoms with Crippen LogP contribution in [0.15, 0.2) is 24.3 Å². The highest BCUT2D eigenvalue weighted by Gasteiger charge is 2.16. The highest BCUT2D eigenvalue weighted by molar-refractivity contribution is 5.92. The Hall–Kier alpha value is -2.45. The standard InChI is InChI=1S/C19H27N3O5/c1-3-20-18(24)14(2)21-17(23)13-27-19(25)16-6-4-15(5-7-16)12-22-8-10-26-11-9-22/h4-7,14H,3,8-13H2,1-2H3,(H,20,24)(H,21,23)/t14-/m1/s1. The van der Waals surface area contributed by atoms with Crippen molar-refractivity contribution in [3.63, 3.8) is 0 Å². The maximum absolute atomic E-state index is 12.1. The Bertz CT molecular complexity index is 641. The average Bonchev–Trinajstić information content (AvgIpc) is 2.67. The Labute approximate surface area is 159 Å². The van der Waals surface area contributed by atoms with Crippen LogP contribution in [0.2, 0.25) is 0 Å². The van der Waals surface area contributed by atoms with Gasteiger partial charge in [0.05, 0.1) is 18.8 Å². The average molecular weight is 377 g/mol. The topological polar surface area (TPSA) is 97.0 Å². The van der Waals surface area contributed by atoms with Gasteiger partial charge >= 0.3 is 5.97 Å². The number of morpholine rings is 1. The minimum absolute atomic E-state index is 0.284. The Morgan fingerprint density at radius 1 is 1.19 bits per heavy atom. The number of carbonyl (C=O) groups is 3. The van der Waals surface area contributed by atoms with Crippen LogP contribution in [0.25, 0.3) is 0 Å². The van der Waals surface area contributed by atoms with Gasteiger partial charge in [0.1, 0.15) is 6.04 Å². The predicted molar refractivity (Wildman–Crippen MR) is 99.1 cm³/mol. The van der Waals surface area contributed by atoms with Gasteiger partial charge in [-0.25, -0.2) is 4.79 Å². The van der Waals surface area contributed by atoms with Gasteiger partial charge in [-0.05, 0) is 31.5 Å². The number of likely N-dealkylation sites (N-methyl/N-ethyl adjacent to an activating group) is 1. The predicted octanol–water partition coefficient (Wildman–Crippen LogP) is 0.316. The van der Waals surface area contributed by atoms with Crippen LogP contribution in [0.5, 0.6) is 0 Å². The zero-order chi connectivity index (χ0) is 19.6. The van der Waals surface area contributed by atoms with E-state index in [1.807, 2.05) is 12.1 Å². The summed E-state index contributed by atoms with van der Waals surface area (Å²) in [7, 11) is 0. The Kier molecular flexibility index (Phi) is 8.22. The monoisotopic (exact) mass is 377 g/mol. The van der Waals surface area contributed by atoms with E-state index in [4.69, 9.17) is 9.47 Å². The van der Waals surface area contributed by atoms with E-state index in [-0.39, 0.29) is 5.91 Å². The van der Waals surface area contributed by atoms with Gasteiger partial charge in [0.15, 0.2) is 6.61 Å². The van der Waals surface area contributed by atoms with Crippen LogP contribution in [0.4, 0.5) is 0 Å². The normalized spacial score (nSPS) is 15.6. The zero-order valence-corrected chi connectivity index (χ0v) is 15.8. The van der Waals surface area contributed by atoms with Crippen LogP contribution in [0, 0.1) is 0 Å². The SMILES string of the molecule is CCNC(=O)[C@@H](C)NC(=O)COC(=O)c1ccc(CN2CCOCC2)cc1. The summed E-state index contributed by atoms with van der Waals surface area (Å²) in [6, 6.07) is 6.45. The van der Waals surface area contributed by atoms with E-state index in [1.54, 1.807) is 26.0 Å². The zero-order valence-electron chi connectivity index (χ0n) is 15.8. The lowest BCUT2D eigenvalue weighted by Gasteiger charge is -2.26. The van der Waals surface area contributed by atoms with Crippen molar-refractivity contribution in [3.8, 4) is 0 Å². The molecular formula is C19H27N3O5. The number of esters is 1. The fraction of sp³-hybridized carbons (Fsp3) is 0.526. The van der Waals surface area contributed by atoms with Crippen molar-refractivity contribution in [1.82, 2.24) is 15.5 Å². The van der Waals surface area contributed by atoms with Gasteiger partial charge in [0.2, 0.25) is 5.91 Å². The smallest absolute Gasteiger partial charge is 0.338 e. The van der Waals surface area contributed by atoms with E-state index in [9.17, 15) is 14.4 Å². The van der Waals surface area contributed by atoms with Gasteiger partial charge in [-0.2, -0.15) is 0 Å². The first-order chi connectivity index (χ1) is 13.0. The van der Waals surface area contributed by atoms with Crippen molar-refractivity contribution in [1.29, 1.82) is 0 Å². The Morgan fingerprint density at radius 3 is 2.48 bits per heavy atom. The van der Waals surface area contributed by atoms with Crippen LogP contribution >= 0.6 is 0 Å². The molecule has 0 unspecified atom stereocenters. The van der Waals surface area contributed by atoms with E-state index in [0.717, 1.165) is 38.4 Å². The molecule has 1 aliphatic rings. The van der Waals surface area contributed by atoms with Gasteiger partial charge in [-0.3, -0.25) is 14.5 Å². The van der Waals surface area contributed by atoms with E-state index in [1.165, 1.54) is 0 Å². The summed E-state index contributed by atoms with van der Waals surface area (Å²) in [5, 5.41) is 5.09. The fourth-order valence-corrected chi connectivity index (χ4v) is 2.65. The molecular weight excluding hydrogens is 350 g/mol. The maximum Gasteiger partial charge on any atom is 0.338 e. The highest BCUT2D eigenvalue weighted by atomic mass is 16.5. The van der Waals surface area contributed by atoms with Crippen molar-refractivity contribution < 1.29 is 23.9 Å². The molecule has 2 rings (SSSR count). The summed E-state index contributed by atoms with van der Waals surface area (Å²) in [6.45, 7) is 7.49. The molecule has 8 heteroatoms. The van der Waals surface area contributed by atoms with E-state index < -0.39 is 24.5 Å². The first-order valence-electron chi connectivity index (χ1n) is 9.13. The minimum atomic E-state index is -0.685. The molecule has 1 fully saturated rings. The second kappa shape index (κ2) is 10.6. The van der Waals surface area contributed by atoms with E-state index in [2.05, 4.69) is 15.5 Å². The lowest BCUT2D eigenvalue weighted by atomic mass is 10.1. The van der Waals surface area contributed by atoms with Crippen LogP contribution in [0.1, 0.15) is 29.8 Å². The van der Waals surface area contributed by atoms with Gasteiger partial charge in [-0.15, -0.1) is 0 Å². The van der Waals surface area contributed by atoms with E-state index in [0.29, 0.717) is 12.1 Å². The van der Waals surface area contributed by atoms with Gasteiger partial charge < -0.3 is 20.1 Å². The summed E-state index contributed by atoms with van der Waals surface area (Å²) in [5.41, 5.74) is 1.48. The van der Waals surface area contributed by atoms with Crippen LogP contribution < -0.4 is 10.6 Å². The quantitative estimate of drug-likeness (QED) is 0.633. The van der Waals surface area contributed by atoms with E-state index >= 15 is 0 Å². The molecule has 148 valence electrons. The number of hydrogen-bond acceptors (Lipinski definition) is 6. The third kappa shape index (κ3) is 6.99. The molecule has 0 spiro atoms. The molecule has 0 aliphatic carbocycles. The summed E-state index contributed by atoms with van der Waals surface area (Å²) in [5.74, 6) is -1.38. The molecule has 27 heavy (non-hydrogen) atoms.